The van der Waals surface area contributed by atoms with E-state index in [9.17, 15) is 18.0 Å². The summed E-state index contributed by atoms with van der Waals surface area (Å²) in [6, 6.07) is 3.09. The summed E-state index contributed by atoms with van der Waals surface area (Å²) in [6.45, 7) is 7.82. The Hall–Kier alpha value is -1.83. The van der Waals surface area contributed by atoms with E-state index in [4.69, 9.17) is 0 Å². The van der Waals surface area contributed by atoms with Gasteiger partial charge in [0, 0.05) is 44.2 Å². The van der Waals surface area contributed by atoms with Crippen LogP contribution in [-0.4, -0.2) is 59.0 Å². The Kier molecular flexibility index (Phi) is 6.47. The van der Waals surface area contributed by atoms with Crippen LogP contribution in [0.15, 0.2) is 18.3 Å². The van der Waals surface area contributed by atoms with Gasteiger partial charge in [-0.1, -0.05) is 0 Å². The number of nitrogens with one attached hydrogen (secondary N) is 1. The van der Waals surface area contributed by atoms with Crippen LogP contribution in [-0.2, 0) is 11.0 Å². The monoisotopic (exact) mass is 398 g/mol. The first-order valence-corrected chi connectivity index (χ1v) is 10.1. The van der Waals surface area contributed by atoms with Gasteiger partial charge in [-0.15, -0.1) is 0 Å². The molecule has 2 fully saturated rings. The highest BCUT2D eigenvalue weighted by Crippen LogP contribution is 2.30. The third-order valence-electron chi connectivity index (χ3n) is 5.86. The van der Waals surface area contributed by atoms with E-state index in [1.165, 1.54) is 12.3 Å². The van der Waals surface area contributed by atoms with E-state index >= 15 is 0 Å². The smallest absolute Gasteiger partial charge is 0.381 e. The van der Waals surface area contributed by atoms with E-state index in [0.29, 0.717) is 11.7 Å². The molecular formula is C20H29F3N4O. The van der Waals surface area contributed by atoms with Crippen molar-refractivity contribution in [3.63, 3.8) is 0 Å². The summed E-state index contributed by atoms with van der Waals surface area (Å²) < 4.78 is 37.8. The SMILES string of the molecule is CC(C)N1CCN(C(=O)C2CCC(Nc3ccc(C(F)(F)F)nc3)CC2)CC1. The lowest BCUT2D eigenvalue weighted by atomic mass is 9.85. The number of hydrogen-bond donors (Lipinski definition) is 1. The number of carbonyl (C=O) groups excluding carboxylic acids is 1. The molecule has 1 aliphatic carbocycles. The number of rotatable bonds is 4. The Morgan fingerprint density at radius 3 is 2.25 bits per heavy atom. The van der Waals surface area contributed by atoms with Gasteiger partial charge in [-0.2, -0.15) is 13.2 Å². The molecule has 0 aromatic carbocycles. The number of piperazine rings is 1. The minimum Gasteiger partial charge on any atom is -0.381 e. The molecule has 2 heterocycles. The molecule has 1 saturated heterocycles. The zero-order valence-electron chi connectivity index (χ0n) is 16.5. The zero-order valence-corrected chi connectivity index (χ0v) is 16.5. The second-order valence-electron chi connectivity index (χ2n) is 8.08. The van der Waals surface area contributed by atoms with Crippen LogP contribution in [0.5, 0.6) is 0 Å². The number of halogens is 3. The molecule has 8 heteroatoms. The lowest BCUT2D eigenvalue weighted by Crippen LogP contribution is -2.52. The number of anilines is 1. The highest BCUT2D eigenvalue weighted by atomic mass is 19.4. The van der Waals surface area contributed by atoms with Crippen LogP contribution in [0.2, 0.25) is 0 Å². The molecule has 2 aliphatic rings. The average molecular weight is 398 g/mol. The minimum absolute atomic E-state index is 0.0642. The van der Waals surface area contributed by atoms with E-state index < -0.39 is 11.9 Å². The summed E-state index contributed by atoms with van der Waals surface area (Å²) in [7, 11) is 0. The second-order valence-corrected chi connectivity index (χ2v) is 8.08. The summed E-state index contributed by atoms with van der Waals surface area (Å²) in [5, 5.41) is 3.26. The van der Waals surface area contributed by atoms with Crippen molar-refractivity contribution >= 4 is 11.6 Å². The van der Waals surface area contributed by atoms with Gasteiger partial charge in [-0.3, -0.25) is 9.69 Å². The molecule has 1 N–H and O–H groups in total. The van der Waals surface area contributed by atoms with Gasteiger partial charge >= 0.3 is 6.18 Å². The highest BCUT2D eigenvalue weighted by Gasteiger charge is 2.33. The molecule has 3 rings (SSSR count). The normalized spacial score (nSPS) is 24.4. The Balaban J connectivity index is 1.45. The molecule has 156 valence electrons. The summed E-state index contributed by atoms with van der Waals surface area (Å²) in [4.78, 5) is 20.7. The summed E-state index contributed by atoms with van der Waals surface area (Å²) in [6.07, 6.45) is 0.114. The predicted octanol–water partition coefficient (Wildman–Crippen LogP) is 3.62. The predicted molar refractivity (Wildman–Crippen MR) is 102 cm³/mol. The molecule has 0 spiro atoms. The molecule has 1 amide bonds. The van der Waals surface area contributed by atoms with Crippen LogP contribution < -0.4 is 5.32 Å². The molecule has 1 aromatic rings. The molecular weight excluding hydrogens is 369 g/mol. The van der Waals surface area contributed by atoms with Gasteiger partial charge < -0.3 is 10.2 Å². The van der Waals surface area contributed by atoms with Crippen LogP contribution in [0.3, 0.4) is 0 Å². The topological polar surface area (TPSA) is 48.5 Å². The van der Waals surface area contributed by atoms with Gasteiger partial charge in [0.2, 0.25) is 5.91 Å². The molecule has 1 aliphatic heterocycles. The summed E-state index contributed by atoms with van der Waals surface area (Å²) in [5.41, 5.74) is -0.294. The van der Waals surface area contributed by atoms with Crippen LogP contribution in [0, 0.1) is 5.92 Å². The maximum absolute atomic E-state index is 12.8. The molecule has 0 unspecified atom stereocenters. The van der Waals surface area contributed by atoms with Crippen molar-refractivity contribution in [2.75, 3.05) is 31.5 Å². The third kappa shape index (κ3) is 5.16. The summed E-state index contributed by atoms with van der Waals surface area (Å²) >= 11 is 0. The van der Waals surface area contributed by atoms with Crippen LogP contribution in [0.25, 0.3) is 0 Å². The molecule has 0 bridgehead atoms. The van der Waals surface area contributed by atoms with Crippen molar-refractivity contribution in [1.82, 2.24) is 14.8 Å². The Morgan fingerprint density at radius 2 is 1.75 bits per heavy atom. The van der Waals surface area contributed by atoms with Crippen LogP contribution in [0.1, 0.15) is 45.2 Å². The van der Waals surface area contributed by atoms with Gasteiger partial charge in [0.25, 0.3) is 0 Å². The average Bonchev–Trinajstić information content (AvgIpc) is 2.68. The minimum atomic E-state index is -4.42. The van der Waals surface area contributed by atoms with Crippen molar-refractivity contribution in [3.8, 4) is 0 Å². The summed E-state index contributed by atoms with van der Waals surface area (Å²) in [5.74, 6) is 0.326. The Labute approximate surface area is 164 Å². The number of hydrogen-bond acceptors (Lipinski definition) is 4. The number of amides is 1. The Bertz CT molecular complexity index is 646. The number of nitrogens with zero attached hydrogens (tertiary/aromatic N) is 3. The lowest BCUT2D eigenvalue weighted by molar-refractivity contribution is -0.141. The second kappa shape index (κ2) is 8.68. The first-order chi connectivity index (χ1) is 13.2. The molecule has 0 radical (unpaired) electrons. The van der Waals surface area contributed by atoms with Crippen LogP contribution in [0.4, 0.5) is 18.9 Å². The first kappa shape index (κ1) is 20.9. The van der Waals surface area contributed by atoms with Crippen molar-refractivity contribution in [2.24, 2.45) is 5.92 Å². The lowest BCUT2D eigenvalue weighted by Gasteiger charge is -2.39. The van der Waals surface area contributed by atoms with E-state index in [0.717, 1.165) is 57.9 Å². The van der Waals surface area contributed by atoms with E-state index in [2.05, 4.69) is 29.0 Å². The molecule has 1 aromatic heterocycles. The van der Waals surface area contributed by atoms with Crippen molar-refractivity contribution < 1.29 is 18.0 Å². The standard InChI is InChI=1S/C20H29F3N4O/c1-14(2)26-9-11-27(12-10-26)19(28)15-3-5-16(6-4-15)25-17-7-8-18(24-13-17)20(21,22)23/h7-8,13-16,25H,3-6,9-12H2,1-2H3. The van der Waals surface area contributed by atoms with Crippen molar-refractivity contribution in [3.05, 3.63) is 24.0 Å². The van der Waals surface area contributed by atoms with Crippen molar-refractivity contribution in [2.45, 2.75) is 57.8 Å². The number of carbonyl (C=O) groups is 1. The van der Waals surface area contributed by atoms with Gasteiger partial charge in [0.1, 0.15) is 5.69 Å². The van der Waals surface area contributed by atoms with Gasteiger partial charge in [-0.05, 0) is 51.7 Å². The number of pyridine rings is 1. The highest BCUT2D eigenvalue weighted by molar-refractivity contribution is 5.79. The van der Waals surface area contributed by atoms with Gasteiger partial charge in [0.15, 0.2) is 0 Å². The molecule has 1 saturated carbocycles. The Morgan fingerprint density at radius 1 is 1.11 bits per heavy atom. The van der Waals surface area contributed by atoms with Gasteiger partial charge in [0.05, 0.1) is 11.9 Å². The third-order valence-corrected chi connectivity index (χ3v) is 5.86. The zero-order chi connectivity index (χ0) is 20.3. The van der Waals surface area contributed by atoms with E-state index in [1.54, 1.807) is 0 Å². The van der Waals surface area contributed by atoms with E-state index in [-0.39, 0.29) is 17.9 Å². The fourth-order valence-corrected chi connectivity index (χ4v) is 4.08. The maximum atomic E-state index is 12.8. The molecule has 5 nitrogen and oxygen atoms in total. The van der Waals surface area contributed by atoms with Gasteiger partial charge in [-0.25, -0.2) is 4.98 Å². The largest absolute Gasteiger partial charge is 0.433 e. The molecule has 28 heavy (non-hydrogen) atoms. The van der Waals surface area contributed by atoms with E-state index in [1.807, 2.05) is 4.90 Å². The number of aromatic nitrogens is 1. The molecule has 0 atom stereocenters. The quantitative estimate of drug-likeness (QED) is 0.842. The fourth-order valence-electron chi connectivity index (χ4n) is 4.08. The fraction of sp³-hybridized carbons (Fsp3) is 0.700. The first-order valence-electron chi connectivity index (χ1n) is 10.1. The van der Waals surface area contributed by atoms with Crippen molar-refractivity contribution in [1.29, 1.82) is 0 Å². The van der Waals surface area contributed by atoms with Crippen LogP contribution >= 0.6 is 0 Å². The number of alkyl halides is 3. The maximum Gasteiger partial charge on any atom is 0.433 e.